The lowest BCUT2D eigenvalue weighted by Crippen LogP contribution is -2.48. The van der Waals surface area contributed by atoms with Crippen LogP contribution >= 0.6 is 0 Å². The second kappa shape index (κ2) is 5.43. The molecule has 2 rings (SSSR count). The Morgan fingerprint density at radius 1 is 1.36 bits per heavy atom. The van der Waals surface area contributed by atoms with Gasteiger partial charge in [-0.15, -0.1) is 0 Å². The van der Waals surface area contributed by atoms with Crippen LogP contribution in [-0.2, 0) is 9.53 Å². The number of hydrogen-bond donors (Lipinski definition) is 1. The largest absolute Gasteiger partial charge is 0.476 e. The number of carboxylic acids is 1. The van der Waals surface area contributed by atoms with Crippen LogP contribution in [0, 0.1) is 5.41 Å². The van der Waals surface area contributed by atoms with E-state index in [-0.39, 0.29) is 18.1 Å². The molecule has 0 aromatic carbocycles. The number of halogens is 3. The summed E-state index contributed by atoms with van der Waals surface area (Å²) < 4.78 is 44.1. The second-order valence-corrected chi connectivity index (χ2v) is 4.81. The van der Waals surface area contributed by atoms with Gasteiger partial charge in [-0.3, -0.25) is 4.79 Å². The average Bonchev–Trinajstić information content (AvgIpc) is 2.92. The molecule has 0 aliphatic carbocycles. The Morgan fingerprint density at radius 3 is 2.50 bits per heavy atom. The molecule has 7 nitrogen and oxygen atoms in total. The summed E-state index contributed by atoms with van der Waals surface area (Å²) >= 11 is 0. The van der Waals surface area contributed by atoms with Gasteiger partial charge in [0.15, 0.2) is 11.1 Å². The highest BCUT2D eigenvalue weighted by Gasteiger charge is 2.64. The lowest BCUT2D eigenvalue weighted by molar-refractivity contribution is -0.227. The van der Waals surface area contributed by atoms with Gasteiger partial charge in [0.2, 0.25) is 0 Å². The Labute approximate surface area is 122 Å². The molecule has 0 saturated carbocycles. The van der Waals surface area contributed by atoms with Crippen LogP contribution in [0.5, 0.6) is 0 Å². The van der Waals surface area contributed by atoms with Crippen molar-refractivity contribution < 1.29 is 32.6 Å². The fourth-order valence-corrected chi connectivity index (χ4v) is 2.31. The molecule has 1 atom stereocenters. The summed E-state index contributed by atoms with van der Waals surface area (Å²) in [6.45, 7) is -0.722. The van der Waals surface area contributed by atoms with Crippen LogP contribution in [0.2, 0.25) is 0 Å². The van der Waals surface area contributed by atoms with Crippen molar-refractivity contribution in [2.24, 2.45) is 5.41 Å². The van der Waals surface area contributed by atoms with Crippen LogP contribution in [0.3, 0.4) is 0 Å². The maximum atomic E-state index is 13.3. The SMILES string of the molecule is COC(=O)C1(C(F)(F)F)CCN(c2cnc(C(=O)O)cn2)C1. The predicted octanol–water partition coefficient (Wildman–Crippen LogP) is 1.11. The molecule has 1 fully saturated rings. The molecule has 10 heteroatoms. The van der Waals surface area contributed by atoms with E-state index < -0.39 is 36.5 Å². The highest BCUT2D eigenvalue weighted by atomic mass is 19.4. The summed E-state index contributed by atoms with van der Waals surface area (Å²) in [6, 6.07) is 0. The summed E-state index contributed by atoms with van der Waals surface area (Å²) in [5.74, 6) is -2.57. The average molecular weight is 319 g/mol. The van der Waals surface area contributed by atoms with Crippen molar-refractivity contribution in [1.29, 1.82) is 0 Å². The molecule has 22 heavy (non-hydrogen) atoms. The fraction of sp³-hybridized carbons (Fsp3) is 0.500. The highest BCUT2D eigenvalue weighted by Crippen LogP contribution is 2.47. The number of carbonyl (C=O) groups excluding carboxylic acids is 1. The zero-order valence-electron chi connectivity index (χ0n) is 11.4. The first-order valence-electron chi connectivity index (χ1n) is 6.17. The quantitative estimate of drug-likeness (QED) is 0.834. The van der Waals surface area contributed by atoms with Crippen molar-refractivity contribution in [2.75, 3.05) is 25.1 Å². The van der Waals surface area contributed by atoms with Gasteiger partial charge in [-0.1, -0.05) is 0 Å². The minimum atomic E-state index is -4.76. The number of aromatic nitrogens is 2. The Balaban J connectivity index is 2.26. The number of carbonyl (C=O) groups is 2. The minimum absolute atomic E-state index is 0.0695. The number of anilines is 1. The van der Waals surface area contributed by atoms with Crippen molar-refractivity contribution in [3.8, 4) is 0 Å². The molecular weight excluding hydrogens is 307 g/mol. The molecule has 0 radical (unpaired) electrons. The molecular formula is C12H12F3N3O4. The number of carboxylic acid groups (broad SMARTS) is 1. The Morgan fingerprint density at radius 2 is 2.05 bits per heavy atom. The number of alkyl halides is 3. The van der Waals surface area contributed by atoms with Crippen LogP contribution in [-0.4, -0.2) is 53.4 Å². The van der Waals surface area contributed by atoms with Gasteiger partial charge >= 0.3 is 18.1 Å². The van der Waals surface area contributed by atoms with E-state index in [1.807, 2.05) is 0 Å². The Hall–Kier alpha value is -2.39. The van der Waals surface area contributed by atoms with Gasteiger partial charge in [0.1, 0.15) is 5.82 Å². The van der Waals surface area contributed by atoms with E-state index in [0.717, 1.165) is 19.5 Å². The van der Waals surface area contributed by atoms with Crippen molar-refractivity contribution in [3.63, 3.8) is 0 Å². The van der Waals surface area contributed by atoms with Gasteiger partial charge in [0.25, 0.3) is 0 Å². The molecule has 1 aromatic heterocycles. The normalized spacial score (nSPS) is 21.7. The molecule has 1 aliphatic rings. The number of aromatic carboxylic acids is 1. The number of rotatable bonds is 3. The lowest BCUT2D eigenvalue weighted by Gasteiger charge is -2.28. The summed E-state index contributed by atoms with van der Waals surface area (Å²) in [4.78, 5) is 30.9. The zero-order chi connectivity index (χ0) is 16.5. The van der Waals surface area contributed by atoms with E-state index in [2.05, 4.69) is 14.7 Å². The van der Waals surface area contributed by atoms with Gasteiger partial charge < -0.3 is 14.7 Å². The lowest BCUT2D eigenvalue weighted by atomic mass is 9.86. The maximum absolute atomic E-state index is 13.3. The van der Waals surface area contributed by atoms with Gasteiger partial charge in [-0.05, 0) is 6.42 Å². The topological polar surface area (TPSA) is 92.6 Å². The fourth-order valence-electron chi connectivity index (χ4n) is 2.31. The van der Waals surface area contributed by atoms with E-state index in [1.54, 1.807) is 0 Å². The molecule has 1 aromatic rings. The monoisotopic (exact) mass is 319 g/mol. The third-order valence-electron chi connectivity index (χ3n) is 3.57. The smallest absolute Gasteiger partial charge is 0.406 e. The van der Waals surface area contributed by atoms with Crippen LogP contribution in [0.15, 0.2) is 12.4 Å². The molecule has 120 valence electrons. The van der Waals surface area contributed by atoms with Crippen molar-refractivity contribution in [3.05, 3.63) is 18.1 Å². The molecule has 2 heterocycles. The molecule has 1 aliphatic heterocycles. The molecule has 1 unspecified atom stereocenters. The number of nitrogens with zero attached hydrogens (tertiary/aromatic N) is 3. The van der Waals surface area contributed by atoms with Gasteiger partial charge in [-0.25, -0.2) is 14.8 Å². The van der Waals surface area contributed by atoms with Crippen LogP contribution in [0.25, 0.3) is 0 Å². The molecule has 0 bridgehead atoms. The van der Waals surface area contributed by atoms with E-state index in [4.69, 9.17) is 5.11 Å². The van der Waals surface area contributed by atoms with Crippen molar-refractivity contribution in [2.45, 2.75) is 12.6 Å². The Kier molecular flexibility index (Phi) is 3.94. The Bertz CT molecular complexity index is 590. The van der Waals surface area contributed by atoms with E-state index in [1.165, 1.54) is 4.90 Å². The number of ether oxygens (including phenoxy) is 1. The second-order valence-electron chi connectivity index (χ2n) is 4.81. The van der Waals surface area contributed by atoms with E-state index in [0.29, 0.717) is 0 Å². The third-order valence-corrected chi connectivity index (χ3v) is 3.57. The molecule has 1 N–H and O–H groups in total. The van der Waals surface area contributed by atoms with Crippen LogP contribution < -0.4 is 4.90 Å². The zero-order valence-corrected chi connectivity index (χ0v) is 11.4. The molecule has 0 amide bonds. The first-order valence-corrected chi connectivity index (χ1v) is 6.17. The number of hydrogen-bond acceptors (Lipinski definition) is 6. The summed E-state index contributed by atoms with van der Waals surface area (Å²) in [5.41, 5.74) is -2.94. The summed E-state index contributed by atoms with van der Waals surface area (Å²) in [7, 11) is 0.903. The van der Waals surface area contributed by atoms with Crippen LogP contribution in [0.4, 0.5) is 19.0 Å². The van der Waals surface area contributed by atoms with Gasteiger partial charge in [-0.2, -0.15) is 13.2 Å². The van der Waals surface area contributed by atoms with Gasteiger partial charge in [0.05, 0.1) is 19.5 Å². The van der Waals surface area contributed by atoms with E-state index >= 15 is 0 Å². The standard InChI is InChI=1S/C12H12F3N3O4/c1-22-10(21)11(12(13,14)15)2-3-18(6-11)8-5-16-7(4-17-8)9(19)20/h4-5H,2-3,6H2,1H3,(H,19,20). The number of methoxy groups -OCH3 is 1. The van der Waals surface area contributed by atoms with E-state index in [9.17, 15) is 22.8 Å². The summed E-state index contributed by atoms with van der Waals surface area (Å²) in [6.07, 6.45) is -3.22. The summed E-state index contributed by atoms with van der Waals surface area (Å²) in [5, 5.41) is 8.71. The molecule has 1 saturated heterocycles. The first-order chi connectivity index (χ1) is 10.2. The highest BCUT2D eigenvalue weighted by molar-refractivity contribution is 5.85. The van der Waals surface area contributed by atoms with Crippen molar-refractivity contribution >= 4 is 17.8 Å². The first kappa shape index (κ1) is 16.0. The third kappa shape index (κ3) is 2.55. The predicted molar refractivity (Wildman–Crippen MR) is 66.3 cm³/mol. The molecule has 0 spiro atoms. The number of esters is 1. The van der Waals surface area contributed by atoms with Crippen LogP contribution in [0.1, 0.15) is 16.9 Å². The van der Waals surface area contributed by atoms with Crippen molar-refractivity contribution in [1.82, 2.24) is 9.97 Å². The maximum Gasteiger partial charge on any atom is 0.406 e. The minimum Gasteiger partial charge on any atom is -0.476 e. The van der Waals surface area contributed by atoms with Gasteiger partial charge in [0, 0.05) is 13.1 Å².